The van der Waals surface area contributed by atoms with E-state index in [9.17, 15) is 17.6 Å². The first-order valence-electron chi connectivity index (χ1n) is 9.06. The van der Waals surface area contributed by atoms with Crippen molar-refractivity contribution in [3.63, 3.8) is 0 Å². The third kappa shape index (κ3) is 4.80. The number of carbonyl (C=O) groups excluding carboxylic acids is 1. The van der Waals surface area contributed by atoms with Gasteiger partial charge in [-0.1, -0.05) is 41.4 Å². The summed E-state index contributed by atoms with van der Waals surface area (Å²) in [6.07, 6.45) is 0. The molecule has 3 rings (SSSR count). The highest BCUT2D eigenvalue weighted by Crippen LogP contribution is 2.26. The van der Waals surface area contributed by atoms with Gasteiger partial charge in [0.25, 0.3) is 15.9 Å². The van der Waals surface area contributed by atoms with Gasteiger partial charge in [0, 0.05) is 13.6 Å². The van der Waals surface area contributed by atoms with Crippen molar-refractivity contribution in [3.8, 4) is 0 Å². The van der Waals surface area contributed by atoms with Crippen LogP contribution in [0, 0.1) is 12.7 Å². The van der Waals surface area contributed by atoms with Gasteiger partial charge in [-0.25, -0.2) is 12.8 Å². The maximum absolute atomic E-state index is 13.1. The number of benzene rings is 3. The molecule has 0 aliphatic carbocycles. The van der Waals surface area contributed by atoms with Crippen LogP contribution in [0.1, 0.15) is 21.5 Å². The predicted octanol–water partition coefficient (Wildman–Crippen LogP) is 4.54. The number of nitrogens with one attached hydrogen (secondary N) is 1. The summed E-state index contributed by atoms with van der Waals surface area (Å²) in [5, 5.41) is 2.89. The van der Waals surface area contributed by atoms with Crippen LogP contribution in [0.4, 0.5) is 10.1 Å². The number of aryl methyl sites for hydroxylation is 1. The number of rotatable bonds is 6. The summed E-state index contributed by atoms with van der Waals surface area (Å²) in [4.78, 5) is 12.5. The zero-order valence-corrected chi connectivity index (χ0v) is 18.0. The van der Waals surface area contributed by atoms with Gasteiger partial charge in [-0.15, -0.1) is 0 Å². The van der Waals surface area contributed by atoms with Crippen molar-refractivity contribution in [1.29, 1.82) is 0 Å². The Morgan fingerprint density at radius 3 is 2.30 bits per heavy atom. The number of halogens is 2. The molecule has 156 valence electrons. The summed E-state index contributed by atoms with van der Waals surface area (Å²) < 4.78 is 40.1. The maximum Gasteiger partial charge on any atom is 0.264 e. The molecule has 0 saturated carbocycles. The van der Waals surface area contributed by atoms with Crippen LogP contribution in [-0.4, -0.2) is 21.4 Å². The highest BCUT2D eigenvalue weighted by Gasteiger charge is 2.24. The quantitative estimate of drug-likeness (QED) is 0.604. The van der Waals surface area contributed by atoms with Crippen LogP contribution < -0.4 is 9.62 Å². The predicted molar refractivity (Wildman–Crippen MR) is 116 cm³/mol. The zero-order valence-electron chi connectivity index (χ0n) is 16.4. The van der Waals surface area contributed by atoms with Gasteiger partial charge in [-0.05, 0) is 55.0 Å². The van der Waals surface area contributed by atoms with Crippen LogP contribution in [0.3, 0.4) is 0 Å². The summed E-state index contributed by atoms with van der Waals surface area (Å²) >= 11 is 6.15. The number of amides is 1. The lowest BCUT2D eigenvalue weighted by Crippen LogP contribution is -2.27. The summed E-state index contributed by atoms with van der Waals surface area (Å²) in [6.45, 7) is 2.25. The minimum atomic E-state index is -3.98. The monoisotopic (exact) mass is 446 g/mol. The van der Waals surface area contributed by atoms with Gasteiger partial charge >= 0.3 is 0 Å². The number of carbonyl (C=O) groups is 1. The maximum atomic E-state index is 13.1. The fraction of sp³-hybridized carbons (Fsp3) is 0.136. The largest absolute Gasteiger partial charge is 0.348 e. The molecule has 0 aliphatic heterocycles. The van der Waals surface area contributed by atoms with Crippen molar-refractivity contribution in [2.75, 3.05) is 11.4 Å². The molecular weight excluding hydrogens is 427 g/mol. The van der Waals surface area contributed by atoms with Gasteiger partial charge in [0.2, 0.25) is 0 Å². The van der Waals surface area contributed by atoms with Gasteiger partial charge in [-0.3, -0.25) is 9.10 Å². The first kappa shape index (κ1) is 21.8. The number of nitrogens with zero attached hydrogens (tertiary/aromatic N) is 1. The van der Waals surface area contributed by atoms with E-state index < -0.39 is 21.7 Å². The van der Waals surface area contributed by atoms with Gasteiger partial charge < -0.3 is 5.32 Å². The summed E-state index contributed by atoms with van der Waals surface area (Å²) in [6, 6.07) is 16.7. The highest BCUT2D eigenvalue weighted by atomic mass is 35.5. The summed E-state index contributed by atoms with van der Waals surface area (Å²) in [7, 11) is -2.62. The number of hydrogen-bond acceptors (Lipinski definition) is 3. The Labute approximate surface area is 180 Å². The van der Waals surface area contributed by atoms with Crippen molar-refractivity contribution in [2.45, 2.75) is 18.4 Å². The van der Waals surface area contributed by atoms with Crippen molar-refractivity contribution in [1.82, 2.24) is 5.32 Å². The molecule has 0 unspecified atom stereocenters. The van der Waals surface area contributed by atoms with Crippen LogP contribution in [0.2, 0.25) is 5.02 Å². The van der Waals surface area contributed by atoms with E-state index in [4.69, 9.17) is 11.6 Å². The van der Waals surface area contributed by atoms with Crippen LogP contribution in [0.5, 0.6) is 0 Å². The molecule has 30 heavy (non-hydrogen) atoms. The molecule has 3 aromatic carbocycles. The normalized spacial score (nSPS) is 11.2. The van der Waals surface area contributed by atoms with E-state index in [1.807, 2.05) is 31.2 Å². The van der Waals surface area contributed by atoms with Crippen LogP contribution >= 0.6 is 11.6 Å². The molecule has 0 fully saturated rings. The van der Waals surface area contributed by atoms with Crippen molar-refractivity contribution in [2.24, 2.45) is 0 Å². The van der Waals surface area contributed by atoms with Gasteiger partial charge in [0.05, 0.1) is 21.2 Å². The second-order valence-electron chi connectivity index (χ2n) is 6.76. The minimum absolute atomic E-state index is 0.0531. The first-order chi connectivity index (χ1) is 14.2. The number of anilines is 1. The molecule has 1 N–H and O–H groups in total. The molecule has 0 saturated heterocycles. The Hall–Kier alpha value is -2.90. The molecule has 0 aliphatic rings. The molecule has 0 heterocycles. The highest BCUT2D eigenvalue weighted by molar-refractivity contribution is 7.92. The standard InChI is InChI=1S/C22H20ClFN2O3S/c1-15-3-5-16(6-4-15)14-25-22(27)20-13-19(11-12-21(20)23)30(28,29)26(2)18-9-7-17(24)8-10-18/h3-13H,14H2,1-2H3,(H,25,27). The van der Waals surface area contributed by atoms with Gasteiger partial charge in [0.15, 0.2) is 0 Å². The average Bonchev–Trinajstić information content (AvgIpc) is 2.73. The van der Waals surface area contributed by atoms with E-state index in [1.165, 1.54) is 49.5 Å². The van der Waals surface area contributed by atoms with Gasteiger partial charge in [0.1, 0.15) is 5.82 Å². The van der Waals surface area contributed by atoms with E-state index in [1.54, 1.807) is 0 Å². The van der Waals surface area contributed by atoms with Crippen LogP contribution in [0.15, 0.2) is 71.6 Å². The van der Waals surface area contributed by atoms with Crippen molar-refractivity contribution < 1.29 is 17.6 Å². The minimum Gasteiger partial charge on any atom is -0.348 e. The SMILES string of the molecule is Cc1ccc(CNC(=O)c2cc(S(=O)(=O)N(C)c3ccc(F)cc3)ccc2Cl)cc1. The Balaban J connectivity index is 1.83. The van der Waals surface area contributed by atoms with E-state index in [2.05, 4.69) is 5.32 Å². The Morgan fingerprint density at radius 2 is 1.67 bits per heavy atom. The lowest BCUT2D eigenvalue weighted by Gasteiger charge is -2.20. The number of sulfonamides is 1. The Morgan fingerprint density at radius 1 is 1.03 bits per heavy atom. The smallest absolute Gasteiger partial charge is 0.264 e. The molecule has 0 radical (unpaired) electrons. The summed E-state index contributed by atoms with van der Waals surface area (Å²) in [5.74, 6) is -0.953. The Bertz CT molecular complexity index is 1160. The first-order valence-corrected chi connectivity index (χ1v) is 10.9. The van der Waals surface area contributed by atoms with E-state index in [0.29, 0.717) is 0 Å². The molecule has 0 aromatic heterocycles. The third-order valence-corrected chi connectivity index (χ3v) is 6.72. The topological polar surface area (TPSA) is 66.5 Å². The van der Waals surface area contributed by atoms with Crippen molar-refractivity contribution in [3.05, 3.63) is 94.3 Å². The molecule has 5 nitrogen and oxygen atoms in total. The molecule has 0 bridgehead atoms. The fourth-order valence-corrected chi connectivity index (χ4v) is 4.20. The number of hydrogen-bond donors (Lipinski definition) is 1. The summed E-state index contributed by atoms with van der Waals surface area (Å²) in [5.41, 5.74) is 2.36. The molecule has 3 aromatic rings. The average molecular weight is 447 g/mol. The van der Waals surface area contributed by atoms with Crippen molar-refractivity contribution >= 4 is 33.2 Å². The van der Waals surface area contributed by atoms with Crippen LogP contribution in [-0.2, 0) is 16.6 Å². The zero-order chi connectivity index (χ0) is 21.9. The van der Waals surface area contributed by atoms with E-state index >= 15 is 0 Å². The van der Waals surface area contributed by atoms with Gasteiger partial charge in [-0.2, -0.15) is 0 Å². The third-order valence-electron chi connectivity index (χ3n) is 4.60. The fourth-order valence-electron chi connectivity index (χ4n) is 2.77. The molecular formula is C22H20ClFN2O3S. The molecule has 0 atom stereocenters. The van der Waals surface area contributed by atoms with E-state index in [-0.39, 0.29) is 27.7 Å². The van der Waals surface area contributed by atoms with E-state index in [0.717, 1.165) is 15.4 Å². The lowest BCUT2D eigenvalue weighted by atomic mass is 10.1. The molecule has 0 spiro atoms. The second kappa shape index (κ2) is 8.85. The Kier molecular flexibility index (Phi) is 6.43. The lowest BCUT2D eigenvalue weighted by molar-refractivity contribution is 0.0951. The second-order valence-corrected chi connectivity index (χ2v) is 9.14. The van der Waals surface area contributed by atoms with Crippen LogP contribution in [0.25, 0.3) is 0 Å². The molecule has 1 amide bonds. The molecule has 8 heteroatoms.